The van der Waals surface area contributed by atoms with Gasteiger partial charge in [-0.05, 0) is 62.4 Å². The summed E-state index contributed by atoms with van der Waals surface area (Å²) in [5.74, 6) is -0.658. The summed E-state index contributed by atoms with van der Waals surface area (Å²) in [4.78, 5) is 33.2. The molecule has 0 aliphatic carbocycles. The number of nitrogens with one attached hydrogen (secondary N) is 1. The molecule has 5 N–H and O–H groups in total. The number of rotatable bonds is 9. The second-order valence-corrected chi connectivity index (χ2v) is 13.3. The monoisotopic (exact) mass is 676 g/mol. The molecule has 2 aliphatic rings. The van der Waals surface area contributed by atoms with E-state index in [1.807, 2.05) is 18.7 Å². The molecule has 3 amide bonds. The van der Waals surface area contributed by atoms with Crippen LogP contribution in [0, 0.1) is 0 Å². The van der Waals surface area contributed by atoms with Crippen LogP contribution >= 0.6 is 23.2 Å². The first-order valence-electron chi connectivity index (χ1n) is 14.6. The normalized spacial score (nSPS) is 18.8. The van der Waals surface area contributed by atoms with Gasteiger partial charge in [-0.3, -0.25) is 14.6 Å². The Hall–Kier alpha value is -3.23. The first-order valence-corrected chi connectivity index (χ1v) is 16.8. The Balaban J connectivity index is 0.00000461. The molecule has 1 atom stereocenters. The smallest absolute Gasteiger partial charge is 0.321 e. The van der Waals surface area contributed by atoms with Crippen molar-refractivity contribution in [2.45, 2.75) is 24.3 Å². The van der Waals surface area contributed by atoms with E-state index in [9.17, 15) is 18.0 Å². The highest BCUT2D eigenvalue weighted by molar-refractivity contribution is 7.93. The fourth-order valence-corrected chi connectivity index (χ4v) is 8.00. The van der Waals surface area contributed by atoms with Gasteiger partial charge in [0.1, 0.15) is 0 Å². The molecule has 242 valence electrons. The van der Waals surface area contributed by atoms with Crippen LogP contribution in [0.2, 0.25) is 10.0 Å². The molecule has 0 bridgehead atoms. The Morgan fingerprint density at radius 1 is 0.956 bits per heavy atom. The minimum absolute atomic E-state index is 0. The number of hydrogen-bond acceptors (Lipinski definition) is 7. The summed E-state index contributed by atoms with van der Waals surface area (Å²) in [5.41, 5.74) is 5.82. The van der Waals surface area contributed by atoms with Gasteiger partial charge in [-0.1, -0.05) is 41.4 Å². The molecular weight excluding hydrogens is 639 g/mol. The zero-order valence-electron chi connectivity index (χ0n) is 25.2. The lowest BCUT2D eigenvalue weighted by Crippen LogP contribution is -2.60. The Morgan fingerprint density at radius 3 is 2.20 bits per heavy atom. The molecule has 45 heavy (non-hydrogen) atoms. The van der Waals surface area contributed by atoms with E-state index in [2.05, 4.69) is 10.2 Å². The predicted molar refractivity (Wildman–Crippen MR) is 177 cm³/mol. The first-order chi connectivity index (χ1) is 21.1. The predicted octanol–water partition coefficient (Wildman–Crippen LogP) is 3.60. The first kappa shape index (κ1) is 34.6. The van der Waals surface area contributed by atoms with Gasteiger partial charge in [0.2, 0.25) is 0 Å². The number of urea groups is 1. The van der Waals surface area contributed by atoms with Crippen LogP contribution in [0.5, 0.6) is 0 Å². The molecule has 0 aromatic heterocycles. The summed E-state index contributed by atoms with van der Waals surface area (Å²) >= 11 is 13.3. The number of fused-ring (bicyclic) bond motifs is 1. The minimum Gasteiger partial charge on any atom is -0.412 e. The quantitative estimate of drug-likeness (QED) is 0.351. The van der Waals surface area contributed by atoms with Gasteiger partial charge in [0, 0.05) is 79.2 Å². The van der Waals surface area contributed by atoms with Crippen LogP contribution in [0.15, 0.2) is 71.6 Å². The molecule has 2 aliphatic heterocycles. The molecule has 1 saturated heterocycles. The van der Waals surface area contributed by atoms with Crippen molar-refractivity contribution >= 4 is 56.5 Å². The van der Waals surface area contributed by atoms with Crippen LogP contribution in [0.3, 0.4) is 0 Å². The summed E-state index contributed by atoms with van der Waals surface area (Å²) in [6.45, 7) is 8.26. The molecule has 2 heterocycles. The average molecular weight is 678 g/mol. The van der Waals surface area contributed by atoms with Gasteiger partial charge in [0.05, 0.1) is 10.6 Å². The zero-order chi connectivity index (χ0) is 31.6. The van der Waals surface area contributed by atoms with Gasteiger partial charge < -0.3 is 21.4 Å². The van der Waals surface area contributed by atoms with Gasteiger partial charge in [-0.25, -0.2) is 17.5 Å². The third-order valence-electron chi connectivity index (χ3n) is 8.31. The molecule has 1 fully saturated rings. The van der Waals surface area contributed by atoms with Gasteiger partial charge in [-0.15, -0.1) is 0 Å². The number of piperazine rings is 1. The summed E-state index contributed by atoms with van der Waals surface area (Å²) in [7, 11) is -4.41. The van der Waals surface area contributed by atoms with Crippen molar-refractivity contribution in [3.63, 3.8) is 0 Å². The molecule has 1 unspecified atom stereocenters. The van der Waals surface area contributed by atoms with E-state index in [0.717, 1.165) is 10.8 Å². The van der Waals surface area contributed by atoms with E-state index >= 15 is 0 Å². The highest BCUT2D eigenvalue weighted by Gasteiger charge is 2.60. The number of hydrogen-bond donors (Lipinski definition) is 2. The number of halogens is 2. The van der Waals surface area contributed by atoms with Crippen LogP contribution in [0.1, 0.15) is 25.0 Å². The van der Waals surface area contributed by atoms with Crippen molar-refractivity contribution < 1.29 is 23.5 Å². The van der Waals surface area contributed by atoms with E-state index in [1.165, 1.54) is 24.3 Å². The molecule has 3 aromatic rings. The lowest BCUT2D eigenvalue weighted by atomic mass is 9.81. The summed E-state index contributed by atoms with van der Waals surface area (Å²) in [5, 5.41) is 3.48. The largest absolute Gasteiger partial charge is 0.412 e. The fraction of sp³-hybridized carbons (Fsp3) is 0.355. The number of benzene rings is 3. The number of nitrogens with zero attached hydrogens (tertiary/aromatic N) is 4. The minimum atomic E-state index is -4.41. The number of amides is 3. The Kier molecular flexibility index (Phi) is 10.8. The Morgan fingerprint density at radius 2 is 1.60 bits per heavy atom. The summed E-state index contributed by atoms with van der Waals surface area (Å²) in [6.07, 6.45) is 0. The third-order valence-corrected chi connectivity index (χ3v) is 10.6. The molecule has 0 spiro atoms. The van der Waals surface area contributed by atoms with Crippen molar-refractivity contribution in [1.29, 1.82) is 0 Å². The van der Waals surface area contributed by atoms with E-state index in [0.29, 0.717) is 72.7 Å². The highest BCUT2D eigenvalue weighted by atomic mass is 35.5. The molecule has 14 heteroatoms. The number of carbonyl (C=O) groups is 2. The van der Waals surface area contributed by atoms with Crippen molar-refractivity contribution in [3.8, 4) is 0 Å². The van der Waals surface area contributed by atoms with Crippen molar-refractivity contribution in [2.24, 2.45) is 5.73 Å². The standard InChI is InChI=1S/C31H36Cl2N6O4S.H2O/c1-3-37(4-2)30(41)35-23-10-12-24(13-11-23)44(42,43)39-28-14-9-22(32)21-26(28)31(29(39)40,25-7-5-6-8-27(25)33)38-19-17-36(16-15-34)18-20-38;/h5-14,21H,3-4,15-20,34H2,1-2H3,(H,35,41);1H2. The second-order valence-electron chi connectivity index (χ2n) is 10.7. The lowest BCUT2D eigenvalue weighted by Gasteiger charge is -2.45. The SMILES string of the molecule is CCN(CC)C(=O)Nc1ccc(S(=O)(=O)N2C(=O)C(c3ccccc3Cl)(N3CCN(CCN)CC3)c3cc(Cl)ccc32)cc1.O. The second kappa shape index (κ2) is 14.0. The zero-order valence-corrected chi connectivity index (χ0v) is 27.5. The van der Waals surface area contributed by atoms with Crippen LogP contribution in [0.4, 0.5) is 16.2 Å². The van der Waals surface area contributed by atoms with E-state index in [4.69, 9.17) is 28.9 Å². The highest BCUT2D eigenvalue weighted by Crippen LogP contribution is 2.52. The Labute approximate surface area is 273 Å². The van der Waals surface area contributed by atoms with Gasteiger partial charge in [0.15, 0.2) is 5.54 Å². The number of nitrogens with two attached hydrogens (primary N) is 1. The fourth-order valence-electron chi connectivity index (χ4n) is 6.09. The van der Waals surface area contributed by atoms with Crippen molar-refractivity contribution in [2.75, 3.05) is 62.0 Å². The van der Waals surface area contributed by atoms with Crippen LogP contribution in [-0.4, -0.2) is 92.9 Å². The molecule has 5 rings (SSSR count). The van der Waals surface area contributed by atoms with Crippen molar-refractivity contribution in [1.82, 2.24) is 14.7 Å². The molecule has 3 aromatic carbocycles. The van der Waals surface area contributed by atoms with E-state index in [-0.39, 0.29) is 22.1 Å². The number of sulfonamides is 1. The molecule has 11 nitrogen and oxygen atoms in total. The summed E-state index contributed by atoms with van der Waals surface area (Å²) < 4.78 is 29.6. The lowest BCUT2D eigenvalue weighted by molar-refractivity contribution is -0.127. The summed E-state index contributed by atoms with van der Waals surface area (Å²) in [6, 6.07) is 17.3. The number of carbonyl (C=O) groups excluding carboxylic acids is 2. The van der Waals surface area contributed by atoms with E-state index < -0.39 is 21.5 Å². The van der Waals surface area contributed by atoms with Gasteiger partial charge in [-0.2, -0.15) is 0 Å². The average Bonchev–Trinajstić information content (AvgIpc) is 3.27. The molecular formula is C31H38Cl2N6O5S. The Bertz CT molecular complexity index is 1650. The maximum atomic E-state index is 14.9. The van der Waals surface area contributed by atoms with E-state index in [1.54, 1.807) is 47.4 Å². The topological polar surface area (TPSA) is 151 Å². The van der Waals surface area contributed by atoms with Gasteiger partial charge in [0.25, 0.3) is 15.9 Å². The molecule has 0 radical (unpaired) electrons. The molecule has 0 saturated carbocycles. The van der Waals surface area contributed by atoms with Crippen molar-refractivity contribution in [3.05, 3.63) is 87.9 Å². The van der Waals surface area contributed by atoms with Crippen LogP contribution in [-0.2, 0) is 20.4 Å². The third kappa shape index (κ3) is 6.16. The van der Waals surface area contributed by atoms with Crippen LogP contribution < -0.4 is 15.4 Å². The van der Waals surface area contributed by atoms with Gasteiger partial charge >= 0.3 is 6.03 Å². The maximum absolute atomic E-state index is 14.9. The van der Waals surface area contributed by atoms with Crippen LogP contribution in [0.25, 0.3) is 0 Å². The number of anilines is 2. The maximum Gasteiger partial charge on any atom is 0.321 e.